The highest BCUT2D eigenvalue weighted by atomic mass is 16.5. The molecule has 5 heterocycles. The first kappa shape index (κ1) is 20.2. The van der Waals surface area contributed by atoms with Gasteiger partial charge in [0.05, 0.1) is 24.9 Å². The molecule has 0 aliphatic carbocycles. The van der Waals surface area contributed by atoms with E-state index in [1.807, 2.05) is 22.9 Å². The van der Waals surface area contributed by atoms with Crippen LogP contribution in [0.1, 0.15) is 41.7 Å². The molecule has 0 N–H and O–H groups in total. The Labute approximate surface area is 185 Å². The fourth-order valence-electron chi connectivity index (χ4n) is 4.22. The fraction of sp³-hybridized carbons (Fsp3) is 0.348. The van der Waals surface area contributed by atoms with E-state index in [1.54, 1.807) is 19.3 Å². The van der Waals surface area contributed by atoms with Gasteiger partial charge in [0, 0.05) is 37.5 Å². The van der Waals surface area contributed by atoms with Crippen LogP contribution in [0.15, 0.2) is 41.3 Å². The van der Waals surface area contributed by atoms with Crippen LogP contribution in [0.3, 0.4) is 0 Å². The molecule has 0 amide bonds. The van der Waals surface area contributed by atoms with E-state index in [2.05, 4.69) is 21.8 Å². The SMILES string of the molecule is COC(=O)c1cnc2c(c1)nc(-c1ccc(N3CCCC3C)nc1)n2Cc1coc(C)n1. The van der Waals surface area contributed by atoms with Crippen LogP contribution >= 0.6 is 0 Å². The summed E-state index contributed by atoms with van der Waals surface area (Å²) in [6, 6.07) is 6.25. The molecule has 1 atom stereocenters. The summed E-state index contributed by atoms with van der Waals surface area (Å²) in [7, 11) is 1.35. The molecule has 1 unspecified atom stereocenters. The molecule has 4 aromatic heterocycles. The lowest BCUT2D eigenvalue weighted by molar-refractivity contribution is 0.0600. The Balaban J connectivity index is 1.58. The lowest BCUT2D eigenvalue weighted by Gasteiger charge is -2.22. The number of pyridine rings is 2. The van der Waals surface area contributed by atoms with Gasteiger partial charge in [-0.15, -0.1) is 0 Å². The molecule has 32 heavy (non-hydrogen) atoms. The van der Waals surface area contributed by atoms with Crippen LogP contribution in [0.25, 0.3) is 22.6 Å². The number of carbonyl (C=O) groups excluding carboxylic acids is 1. The molecular weight excluding hydrogens is 408 g/mol. The number of methoxy groups -OCH3 is 1. The maximum atomic E-state index is 12.0. The second-order valence-corrected chi connectivity index (χ2v) is 8.03. The molecule has 1 aliphatic heterocycles. The zero-order valence-electron chi connectivity index (χ0n) is 18.3. The number of hydrogen-bond acceptors (Lipinski definition) is 8. The summed E-state index contributed by atoms with van der Waals surface area (Å²) in [5.41, 5.74) is 3.21. The number of anilines is 1. The summed E-state index contributed by atoms with van der Waals surface area (Å²) in [6.07, 6.45) is 7.34. The van der Waals surface area contributed by atoms with Crippen molar-refractivity contribution in [2.75, 3.05) is 18.6 Å². The first-order valence-corrected chi connectivity index (χ1v) is 10.6. The molecule has 4 aromatic rings. The molecular formula is C23H24N6O3. The summed E-state index contributed by atoms with van der Waals surface area (Å²) in [5.74, 6) is 1.81. The van der Waals surface area contributed by atoms with Crippen LogP contribution in [0.4, 0.5) is 5.82 Å². The van der Waals surface area contributed by atoms with E-state index in [4.69, 9.17) is 19.1 Å². The third kappa shape index (κ3) is 3.59. The van der Waals surface area contributed by atoms with Gasteiger partial charge in [0.15, 0.2) is 11.5 Å². The van der Waals surface area contributed by atoms with E-state index < -0.39 is 5.97 Å². The Morgan fingerprint density at radius 3 is 2.78 bits per heavy atom. The number of hydrogen-bond donors (Lipinski definition) is 0. The van der Waals surface area contributed by atoms with Gasteiger partial charge in [0.1, 0.15) is 23.4 Å². The van der Waals surface area contributed by atoms with Gasteiger partial charge in [-0.2, -0.15) is 0 Å². The normalized spacial score (nSPS) is 16.1. The van der Waals surface area contributed by atoms with Crippen molar-refractivity contribution in [1.82, 2.24) is 24.5 Å². The number of imidazole rings is 1. The standard InChI is InChI=1S/C23H24N6O3/c1-14-5-4-8-28(14)20-7-6-16(10-24-20)21-27-19-9-17(23(30)31-3)11-25-22(19)29(21)12-18-13-32-15(2)26-18/h6-7,9-11,13-14H,4-5,8,12H2,1-3H3. The summed E-state index contributed by atoms with van der Waals surface area (Å²) >= 11 is 0. The van der Waals surface area contributed by atoms with Gasteiger partial charge in [0.2, 0.25) is 0 Å². The van der Waals surface area contributed by atoms with Crippen LogP contribution < -0.4 is 4.90 Å². The second-order valence-electron chi connectivity index (χ2n) is 8.03. The molecule has 0 aromatic carbocycles. The third-order valence-electron chi connectivity index (χ3n) is 5.85. The molecule has 1 aliphatic rings. The predicted molar refractivity (Wildman–Crippen MR) is 118 cm³/mol. The van der Waals surface area contributed by atoms with E-state index in [0.717, 1.165) is 23.6 Å². The number of esters is 1. The minimum Gasteiger partial charge on any atom is -0.465 e. The summed E-state index contributed by atoms with van der Waals surface area (Å²) in [4.78, 5) is 32.7. The monoisotopic (exact) mass is 432 g/mol. The smallest absolute Gasteiger partial charge is 0.339 e. The highest BCUT2D eigenvalue weighted by Crippen LogP contribution is 2.28. The molecule has 0 radical (unpaired) electrons. The van der Waals surface area contributed by atoms with Gasteiger partial charge >= 0.3 is 5.97 Å². The zero-order chi connectivity index (χ0) is 22.2. The molecule has 1 saturated heterocycles. The van der Waals surface area contributed by atoms with Gasteiger partial charge in [-0.3, -0.25) is 0 Å². The van der Waals surface area contributed by atoms with E-state index >= 15 is 0 Å². The Morgan fingerprint density at radius 2 is 2.12 bits per heavy atom. The van der Waals surface area contributed by atoms with Crippen molar-refractivity contribution in [3.8, 4) is 11.4 Å². The van der Waals surface area contributed by atoms with E-state index in [9.17, 15) is 4.79 Å². The van der Waals surface area contributed by atoms with Crippen molar-refractivity contribution in [3.05, 3.63) is 54.0 Å². The number of rotatable bonds is 5. The van der Waals surface area contributed by atoms with Crippen molar-refractivity contribution in [2.24, 2.45) is 0 Å². The molecule has 9 nitrogen and oxygen atoms in total. The van der Waals surface area contributed by atoms with Gasteiger partial charge in [-0.1, -0.05) is 0 Å². The average Bonchev–Trinajstić information content (AvgIpc) is 3.52. The predicted octanol–water partition coefficient (Wildman–Crippen LogP) is 3.61. The molecule has 0 bridgehead atoms. The van der Waals surface area contributed by atoms with Crippen LogP contribution in [-0.4, -0.2) is 50.2 Å². The Hall–Kier alpha value is -3.75. The largest absolute Gasteiger partial charge is 0.465 e. The summed E-state index contributed by atoms with van der Waals surface area (Å²) in [6.45, 7) is 5.49. The first-order valence-electron chi connectivity index (χ1n) is 10.6. The summed E-state index contributed by atoms with van der Waals surface area (Å²) in [5, 5.41) is 0. The zero-order valence-corrected chi connectivity index (χ0v) is 18.3. The highest BCUT2D eigenvalue weighted by Gasteiger charge is 2.22. The van der Waals surface area contributed by atoms with Crippen molar-refractivity contribution in [1.29, 1.82) is 0 Å². The van der Waals surface area contributed by atoms with Crippen molar-refractivity contribution < 1.29 is 13.9 Å². The maximum Gasteiger partial charge on any atom is 0.339 e. The number of carbonyl (C=O) groups is 1. The number of oxazole rings is 1. The molecule has 5 rings (SSSR count). The van der Waals surface area contributed by atoms with Crippen molar-refractivity contribution in [3.63, 3.8) is 0 Å². The van der Waals surface area contributed by atoms with Gasteiger partial charge in [0.25, 0.3) is 0 Å². The number of nitrogens with zero attached hydrogens (tertiary/aromatic N) is 6. The number of aryl methyl sites for hydroxylation is 1. The average molecular weight is 432 g/mol. The maximum absolute atomic E-state index is 12.0. The highest BCUT2D eigenvalue weighted by molar-refractivity contribution is 5.92. The Kier molecular flexibility index (Phi) is 5.08. The molecule has 9 heteroatoms. The van der Waals surface area contributed by atoms with Crippen molar-refractivity contribution >= 4 is 23.0 Å². The molecule has 164 valence electrons. The van der Waals surface area contributed by atoms with Gasteiger partial charge in [-0.05, 0) is 38.0 Å². The number of aromatic nitrogens is 5. The lowest BCUT2D eigenvalue weighted by Crippen LogP contribution is -2.26. The Bertz CT molecular complexity index is 1280. The van der Waals surface area contributed by atoms with Crippen molar-refractivity contribution in [2.45, 2.75) is 39.3 Å². The van der Waals surface area contributed by atoms with Crippen LogP contribution in [0.5, 0.6) is 0 Å². The lowest BCUT2D eigenvalue weighted by atomic mass is 10.2. The van der Waals surface area contributed by atoms with Gasteiger partial charge in [-0.25, -0.2) is 24.7 Å². The van der Waals surface area contributed by atoms with E-state index in [0.29, 0.717) is 41.0 Å². The first-order chi connectivity index (χ1) is 15.5. The minimum atomic E-state index is -0.451. The van der Waals surface area contributed by atoms with Crippen LogP contribution in [0, 0.1) is 6.92 Å². The molecule has 0 saturated carbocycles. The van der Waals surface area contributed by atoms with Gasteiger partial charge < -0.3 is 18.6 Å². The van der Waals surface area contributed by atoms with E-state index in [-0.39, 0.29) is 0 Å². The molecule has 1 fully saturated rings. The van der Waals surface area contributed by atoms with Crippen LogP contribution in [0.2, 0.25) is 0 Å². The summed E-state index contributed by atoms with van der Waals surface area (Å²) < 4.78 is 12.2. The second kappa shape index (κ2) is 8.07. The molecule has 0 spiro atoms. The quantitative estimate of drug-likeness (QED) is 0.441. The topological polar surface area (TPSA) is 99.2 Å². The number of fused-ring (bicyclic) bond motifs is 1. The Morgan fingerprint density at radius 1 is 1.25 bits per heavy atom. The number of ether oxygens (including phenoxy) is 1. The third-order valence-corrected chi connectivity index (χ3v) is 5.85. The van der Waals surface area contributed by atoms with E-state index in [1.165, 1.54) is 26.1 Å². The minimum absolute atomic E-state index is 0.352. The fourth-order valence-corrected chi connectivity index (χ4v) is 4.22. The van der Waals surface area contributed by atoms with Crippen LogP contribution in [-0.2, 0) is 11.3 Å².